The van der Waals surface area contributed by atoms with Crippen molar-refractivity contribution in [3.63, 3.8) is 0 Å². The Morgan fingerprint density at radius 3 is 2.61 bits per heavy atom. The SMILES string of the molecule is Cc1nc(-c2c[nH]c(C(=O)Nc3ccc(N4C[C@@H](C)O[C@@H](C)C4)cc3)c2)cs1. The predicted molar refractivity (Wildman–Crippen MR) is 113 cm³/mol. The van der Waals surface area contributed by atoms with Crippen LogP contribution >= 0.6 is 11.3 Å². The molecular formula is C21H24N4O2S. The number of carbonyl (C=O) groups excluding carboxylic acids is 1. The number of carbonyl (C=O) groups is 1. The minimum absolute atomic E-state index is 0.167. The van der Waals surface area contributed by atoms with Crippen molar-refractivity contribution >= 4 is 28.6 Å². The van der Waals surface area contributed by atoms with Crippen molar-refractivity contribution < 1.29 is 9.53 Å². The van der Waals surface area contributed by atoms with Gasteiger partial charge in [0.2, 0.25) is 0 Å². The van der Waals surface area contributed by atoms with Crippen molar-refractivity contribution in [1.82, 2.24) is 9.97 Å². The molecule has 7 heteroatoms. The average molecular weight is 397 g/mol. The molecule has 1 fully saturated rings. The first kappa shape index (κ1) is 18.7. The zero-order valence-electron chi connectivity index (χ0n) is 16.2. The third kappa shape index (κ3) is 4.10. The molecule has 1 aliphatic heterocycles. The van der Waals surface area contributed by atoms with Crippen LogP contribution in [0.25, 0.3) is 11.3 Å². The van der Waals surface area contributed by atoms with Gasteiger partial charge < -0.3 is 19.9 Å². The third-order valence-corrected chi connectivity index (χ3v) is 5.53. The number of morpholine rings is 1. The first-order chi connectivity index (χ1) is 13.5. The van der Waals surface area contributed by atoms with Crippen LogP contribution < -0.4 is 10.2 Å². The number of H-pyrrole nitrogens is 1. The van der Waals surface area contributed by atoms with E-state index in [0.29, 0.717) is 5.69 Å². The van der Waals surface area contributed by atoms with Gasteiger partial charge in [-0.05, 0) is 51.1 Å². The number of aromatic amines is 1. The third-order valence-electron chi connectivity index (χ3n) is 4.75. The Bertz CT molecular complexity index is 953. The number of rotatable bonds is 4. The zero-order valence-corrected chi connectivity index (χ0v) is 17.0. The molecule has 2 atom stereocenters. The van der Waals surface area contributed by atoms with Gasteiger partial charge in [0.05, 0.1) is 22.9 Å². The number of ether oxygens (including phenoxy) is 1. The van der Waals surface area contributed by atoms with Gasteiger partial charge in [0.15, 0.2) is 0 Å². The second-order valence-corrected chi connectivity index (χ2v) is 8.28. The normalized spacial score (nSPS) is 19.6. The van der Waals surface area contributed by atoms with E-state index in [1.807, 2.05) is 48.8 Å². The molecule has 0 bridgehead atoms. The molecule has 28 heavy (non-hydrogen) atoms. The highest BCUT2D eigenvalue weighted by Crippen LogP contribution is 2.24. The smallest absolute Gasteiger partial charge is 0.272 e. The number of hydrogen-bond acceptors (Lipinski definition) is 5. The maximum absolute atomic E-state index is 12.5. The monoisotopic (exact) mass is 396 g/mol. The Balaban J connectivity index is 1.42. The molecule has 6 nitrogen and oxygen atoms in total. The Morgan fingerprint density at radius 1 is 1.25 bits per heavy atom. The van der Waals surface area contributed by atoms with Gasteiger partial charge in [-0.15, -0.1) is 11.3 Å². The summed E-state index contributed by atoms with van der Waals surface area (Å²) in [5, 5.41) is 5.94. The number of benzene rings is 1. The van der Waals surface area contributed by atoms with Gasteiger partial charge in [0, 0.05) is 41.6 Å². The van der Waals surface area contributed by atoms with Crippen LogP contribution in [0.2, 0.25) is 0 Å². The van der Waals surface area contributed by atoms with Gasteiger partial charge in [0.25, 0.3) is 5.91 Å². The molecule has 0 unspecified atom stereocenters. The number of aromatic nitrogens is 2. The highest BCUT2D eigenvalue weighted by molar-refractivity contribution is 7.09. The van der Waals surface area contributed by atoms with Crippen molar-refractivity contribution in [2.75, 3.05) is 23.3 Å². The van der Waals surface area contributed by atoms with E-state index in [1.165, 1.54) is 0 Å². The van der Waals surface area contributed by atoms with Gasteiger partial charge in [-0.1, -0.05) is 0 Å². The number of nitrogens with one attached hydrogen (secondary N) is 2. The molecule has 1 aromatic carbocycles. The van der Waals surface area contributed by atoms with Crippen LogP contribution in [0.4, 0.5) is 11.4 Å². The van der Waals surface area contributed by atoms with Crippen molar-refractivity contribution in [3.05, 3.63) is 52.6 Å². The number of thiazole rings is 1. The summed E-state index contributed by atoms with van der Waals surface area (Å²) in [5.41, 5.74) is 4.22. The van der Waals surface area contributed by atoms with E-state index >= 15 is 0 Å². The zero-order chi connectivity index (χ0) is 19.7. The van der Waals surface area contributed by atoms with Crippen LogP contribution in [0.15, 0.2) is 41.9 Å². The minimum Gasteiger partial charge on any atom is -0.372 e. The standard InChI is InChI=1S/C21H24N4O2S/c1-13-10-25(11-14(2)27-13)18-6-4-17(5-7-18)24-21(26)19-8-16(9-22-19)20-12-28-15(3)23-20/h4-9,12-14,22H,10-11H2,1-3H3,(H,24,26)/t13-,14+. The second-order valence-electron chi connectivity index (χ2n) is 7.22. The Morgan fingerprint density at radius 2 is 1.96 bits per heavy atom. The largest absolute Gasteiger partial charge is 0.372 e. The van der Waals surface area contributed by atoms with E-state index < -0.39 is 0 Å². The topological polar surface area (TPSA) is 70.2 Å². The molecule has 0 radical (unpaired) electrons. The minimum atomic E-state index is -0.167. The summed E-state index contributed by atoms with van der Waals surface area (Å²) in [4.78, 5) is 22.4. The van der Waals surface area contributed by atoms with Gasteiger partial charge in [-0.3, -0.25) is 4.79 Å². The molecule has 0 saturated carbocycles. The number of nitrogens with zero attached hydrogens (tertiary/aromatic N) is 2. The summed E-state index contributed by atoms with van der Waals surface area (Å²) in [7, 11) is 0. The molecule has 0 aliphatic carbocycles. The molecule has 2 N–H and O–H groups in total. The van der Waals surface area contributed by atoms with Crippen LogP contribution in [0.3, 0.4) is 0 Å². The summed E-state index contributed by atoms with van der Waals surface area (Å²) in [6.45, 7) is 7.90. The van der Waals surface area contributed by atoms with E-state index in [4.69, 9.17) is 4.74 Å². The molecule has 2 aromatic heterocycles. The van der Waals surface area contributed by atoms with Crippen LogP contribution in [0, 0.1) is 6.92 Å². The van der Waals surface area contributed by atoms with Crippen molar-refractivity contribution in [2.24, 2.45) is 0 Å². The van der Waals surface area contributed by atoms with E-state index in [1.54, 1.807) is 11.3 Å². The van der Waals surface area contributed by atoms with Gasteiger partial charge in [-0.25, -0.2) is 4.98 Å². The van der Waals surface area contributed by atoms with Crippen molar-refractivity contribution in [1.29, 1.82) is 0 Å². The molecule has 3 aromatic rings. The Kier molecular flexibility index (Phi) is 5.19. The van der Waals surface area contributed by atoms with Gasteiger partial charge >= 0.3 is 0 Å². The van der Waals surface area contributed by atoms with E-state index in [9.17, 15) is 4.79 Å². The molecule has 4 rings (SSSR count). The van der Waals surface area contributed by atoms with Gasteiger partial charge in [0.1, 0.15) is 5.69 Å². The Hall–Kier alpha value is -2.64. The lowest BCUT2D eigenvalue weighted by Crippen LogP contribution is -2.45. The predicted octanol–water partition coefficient (Wildman–Crippen LogP) is 4.31. The summed E-state index contributed by atoms with van der Waals surface area (Å²) < 4.78 is 5.79. The maximum atomic E-state index is 12.5. The quantitative estimate of drug-likeness (QED) is 0.689. The maximum Gasteiger partial charge on any atom is 0.272 e. The van der Waals surface area contributed by atoms with Crippen LogP contribution in [0.1, 0.15) is 29.3 Å². The average Bonchev–Trinajstić information content (AvgIpc) is 3.30. The number of hydrogen-bond donors (Lipinski definition) is 2. The Labute approximate surface area is 168 Å². The lowest BCUT2D eigenvalue weighted by molar-refractivity contribution is -0.00521. The number of amides is 1. The number of anilines is 2. The molecular weight excluding hydrogens is 372 g/mol. The first-order valence-electron chi connectivity index (χ1n) is 9.40. The van der Waals surface area contributed by atoms with Crippen molar-refractivity contribution in [2.45, 2.75) is 33.0 Å². The van der Waals surface area contributed by atoms with Gasteiger partial charge in [-0.2, -0.15) is 0 Å². The molecule has 146 valence electrons. The second kappa shape index (κ2) is 7.77. The number of aryl methyl sites for hydroxylation is 1. The fourth-order valence-corrected chi connectivity index (χ4v) is 4.13. The molecule has 0 spiro atoms. The summed E-state index contributed by atoms with van der Waals surface area (Å²) in [6.07, 6.45) is 2.24. The molecule has 1 amide bonds. The lowest BCUT2D eigenvalue weighted by Gasteiger charge is -2.36. The summed E-state index contributed by atoms with van der Waals surface area (Å²) in [5.74, 6) is -0.167. The molecule has 3 heterocycles. The van der Waals surface area contributed by atoms with E-state index in [-0.39, 0.29) is 18.1 Å². The fourth-order valence-electron chi connectivity index (χ4n) is 3.51. The summed E-state index contributed by atoms with van der Waals surface area (Å²) in [6, 6.07) is 9.78. The van der Waals surface area contributed by atoms with Crippen LogP contribution in [-0.2, 0) is 4.74 Å². The van der Waals surface area contributed by atoms with Crippen molar-refractivity contribution in [3.8, 4) is 11.3 Å². The lowest BCUT2D eigenvalue weighted by atomic mass is 10.2. The van der Waals surface area contributed by atoms with E-state index in [0.717, 1.165) is 40.7 Å². The first-order valence-corrected chi connectivity index (χ1v) is 10.3. The summed E-state index contributed by atoms with van der Waals surface area (Å²) >= 11 is 1.60. The van der Waals surface area contributed by atoms with Crippen LogP contribution in [-0.4, -0.2) is 41.2 Å². The highest BCUT2D eigenvalue weighted by Gasteiger charge is 2.22. The van der Waals surface area contributed by atoms with E-state index in [2.05, 4.69) is 34.0 Å². The van der Waals surface area contributed by atoms with Crippen LogP contribution in [0.5, 0.6) is 0 Å². The fraction of sp³-hybridized carbons (Fsp3) is 0.333. The molecule has 1 aliphatic rings. The highest BCUT2D eigenvalue weighted by atomic mass is 32.1. The molecule has 1 saturated heterocycles.